The summed E-state index contributed by atoms with van der Waals surface area (Å²) in [6.07, 6.45) is 1.09. The van der Waals surface area contributed by atoms with Crippen LogP contribution >= 0.6 is 0 Å². The molecule has 3 aromatic carbocycles. The molecule has 0 aliphatic heterocycles. The number of benzene rings is 3. The minimum absolute atomic E-state index is 0.0570. The van der Waals surface area contributed by atoms with E-state index in [1.54, 1.807) is 25.1 Å². The standard InChI is InChI=1S/C29H33F2N3O4S/c1-3-32-29(36)27(20-22-12-5-4-6-13-22)33(21-23-14-7-8-15-24(23)30)28(35)18-11-19-34(39(2,37)38)26-17-10-9-16-25(26)31/h4-10,12-17,27H,3,11,18-21H2,1-2H3,(H,32,36)/t27-/m0/s1. The van der Waals surface area contributed by atoms with Crippen molar-refractivity contribution in [2.45, 2.75) is 38.8 Å². The van der Waals surface area contributed by atoms with Crippen LogP contribution < -0.4 is 9.62 Å². The molecule has 39 heavy (non-hydrogen) atoms. The van der Waals surface area contributed by atoms with Gasteiger partial charge in [-0.25, -0.2) is 17.2 Å². The van der Waals surface area contributed by atoms with Gasteiger partial charge in [0.25, 0.3) is 0 Å². The Kier molecular flexibility index (Phi) is 10.6. The quantitative estimate of drug-likeness (QED) is 0.340. The van der Waals surface area contributed by atoms with Crippen molar-refractivity contribution in [1.82, 2.24) is 10.2 Å². The number of carbonyl (C=O) groups is 2. The van der Waals surface area contributed by atoms with Crippen LogP contribution in [0, 0.1) is 11.6 Å². The third kappa shape index (κ3) is 8.35. The maximum atomic E-state index is 14.6. The fourth-order valence-electron chi connectivity index (χ4n) is 4.29. The third-order valence-corrected chi connectivity index (χ3v) is 7.37. The lowest BCUT2D eigenvalue weighted by Crippen LogP contribution is -2.50. The lowest BCUT2D eigenvalue weighted by molar-refractivity contribution is -0.141. The molecule has 0 unspecified atom stereocenters. The Morgan fingerprint density at radius 3 is 2.13 bits per heavy atom. The fraction of sp³-hybridized carbons (Fsp3) is 0.310. The number of halogens is 2. The lowest BCUT2D eigenvalue weighted by Gasteiger charge is -2.32. The number of likely N-dealkylation sites (N-methyl/N-ethyl adjacent to an activating group) is 1. The first kappa shape index (κ1) is 29.8. The van der Waals surface area contributed by atoms with Crippen molar-refractivity contribution < 1.29 is 26.8 Å². The number of hydrogen-bond acceptors (Lipinski definition) is 4. The molecule has 0 saturated heterocycles. The van der Waals surface area contributed by atoms with Crippen molar-refractivity contribution in [3.8, 4) is 0 Å². The Labute approximate surface area is 228 Å². The SMILES string of the molecule is CCNC(=O)[C@H](Cc1ccccc1)N(Cc1ccccc1F)C(=O)CCCN(c1ccccc1F)S(C)(=O)=O. The number of anilines is 1. The first-order valence-corrected chi connectivity index (χ1v) is 14.5. The van der Waals surface area contributed by atoms with E-state index in [9.17, 15) is 26.8 Å². The molecule has 10 heteroatoms. The maximum absolute atomic E-state index is 14.6. The highest BCUT2D eigenvalue weighted by Gasteiger charge is 2.31. The molecule has 3 rings (SSSR count). The van der Waals surface area contributed by atoms with Crippen LogP contribution in [-0.2, 0) is 32.6 Å². The number of para-hydroxylation sites is 1. The lowest BCUT2D eigenvalue weighted by atomic mass is 10.0. The van der Waals surface area contributed by atoms with Crippen LogP contribution in [0.5, 0.6) is 0 Å². The van der Waals surface area contributed by atoms with Gasteiger partial charge in [0, 0.05) is 38.0 Å². The largest absolute Gasteiger partial charge is 0.355 e. The Balaban J connectivity index is 1.88. The molecule has 1 atom stereocenters. The van der Waals surface area contributed by atoms with Crippen molar-refractivity contribution in [2.75, 3.05) is 23.7 Å². The highest BCUT2D eigenvalue weighted by atomic mass is 32.2. The zero-order valence-corrected chi connectivity index (χ0v) is 22.8. The van der Waals surface area contributed by atoms with Crippen molar-refractivity contribution in [3.05, 3.63) is 102 Å². The van der Waals surface area contributed by atoms with E-state index in [0.29, 0.717) is 6.54 Å². The van der Waals surface area contributed by atoms with Crippen LogP contribution in [-0.4, -0.2) is 50.5 Å². The molecular formula is C29H33F2N3O4S. The summed E-state index contributed by atoms with van der Waals surface area (Å²) in [7, 11) is -3.84. The molecule has 0 fully saturated rings. The molecule has 7 nitrogen and oxygen atoms in total. The van der Waals surface area contributed by atoms with Crippen molar-refractivity contribution in [1.29, 1.82) is 0 Å². The molecule has 0 aliphatic carbocycles. The van der Waals surface area contributed by atoms with Crippen molar-refractivity contribution >= 4 is 27.5 Å². The second kappa shape index (κ2) is 13.8. The van der Waals surface area contributed by atoms with Gasteiger partial charge >= 0.3 is 0 Å². The number of amides is 2. The third-order valence-electron chi connectivity index (χ3n) is 6.19. The summed E-state index contributed by atoms with van der Waals surface area (Å²) in [5, 5.41) is 2.77. The van der Waals surface area contributed by atoms with Gasteiger partial charge in [-0.2, -0.15) is 0 Å². The molecule has 1 N–H and O–H groups in total. The van der Waals surface area contributed by atoms with Gasteiger partial charge in [0.2, 0.25) is 21.8 Å². The molecule has 208 valence electrons. The van der Waals surface area contributed by atoms with Crippen LogP contribution in [0.15, 0.2) is 78.9 Å². The van der Waals surface area contributed by atoms with E-state index in [-0.39, 0.29) is 49.5 Å². The maximum Gasteiger partial charge on any atom is 0.243 e. The fourth-order valence-corrected chi connectivity index (χ4v) is 5.26. The van der Waals surface area contributed by atoms with Gasteiger partial charge in [-0.05, 0) is 37.1 Å². The number of sulfonamides is 1. The Morgan fingerprint density at radius 2 is 1.51 bits per heavy atom. The number of nitrogens with one attached hydrogen (secondary N) is 1. The van der Waals surface area contributed by atoms with E-state index in [2.05, 4.69) is 5.32 Å². The molecule has 0 heterocycles. The summed E-state index contributed by atoms with van der Waals surface area (Å²) >= 11 is 0. The first-order valence-electron chi connectivity index (χ1n) is 12.7. The predicted octanol–water partition coefficient (Wildman–Crippen LogP) is 4.29. The summed E-state index contributed by atoms with van der Waals surface area (Å²) in [6, 6.07) is 19.8. The molecule has 3 aromatic rings. The van der Waals surface area contributed by atoms with E-state index in [1.807, 2.05) is 30.3 Å². The van der Waals surface area contributed by atoms with Crippen LogP contribution in [0.25, 0.3) is 0 Å². The number of rotatable bonds is 13. The van der Waals surface area contributed by atoms with E-state index in [0.717, 1.165) is 22.2 Å². The molecule has 0 aromatic heterocycles. The van der Waals surface area contributed by atoms with E-state index in [4.69, 9.17) is 0 Å². The van der Waals surface area contributed by atoms with Gasteiger partial charge in [-0.15, -0.1) is 0 Å². The summed E-state index contributed by atoms with van der Waals surface area (Å²) in [4.78, 5) is 28.1. The molecule has 0 bridgehead atoms. The smallest absolute Gasteiger partial charge is 0.243 e. The van der Waals surface area contributed by atoms with Crippen molar-refractivity contribution in [3.63, 3.8) is 0 Å². The molecule has 2 amide bonds. The van der Waals surface area contributed by atoms with Crippen LogP contribution in [0.1, 0.15) is 30.9 Å². The van der Waals surface area contributed by atoms with Crippen LogP contribution in [0.2, 0.25) is 0 Å². The normalized spacial score (nSPS) is 12.0. The Bertz CT molecular complexity index is 1370. The highest BCUT2D eigenvalue weighted by Crippen LogP contribution is 2.23. The first-order chi connectivity index (χ1) is 18.6. The van der Waals surface area contributed by atoms with Gasteiger partial charge in [-0.3, -0.25) is 13.9 Å². The average Bonchev–Trinajstić information content (AvgIpc) is 2.90. The number of carbonyl (C=O) groups excluding carboxylic acids is 2. The van der Waals surface area contributed by atoms with E-state index in [1.165, 1.54) is 29.2 Å². The molecule has 0 aliphatic rings. The second-order valence-electron chi connectivity index (χ2n) is 9.10. The second-order valence-corrected chi connectivity index (χ2v) is 11.0. The molecule has 0 spiro atoms. The molecule has 0 saturated carbocycles. The zero-order valence-electron chi connectivity index (χ0n) is 22.0. The monoisotopic (exact) mass is 557 g/mol. The van der Waals surface area contributed by atoms with E-state index < -0.39 is 33.6 Å². The van der Waals surface area contributed by atoms with Crippen LogP contribution in [0.4, 0.5) is 14.5 Å². The summed E-state index contributed by atoms with van der Waals surface area (Å²) in [5.74, 6) is -2.04. The highest BCUT2D eigenvalue weighted by molar-refractivity contribution is 7.92. The zero-order chi connectivity index (χ0) is 28.4. The number of nitrogens with zero attached hydrogens (tertiary/aromatic N) is 2. The van der Waals surface area contributed by atoms with Gasteiger partial charge in [0.05, 0.1) is 11.9 Å². The van der Waals surface area contributed by atoms with Gasteiger partial charge in [0.1, 0.15) is 17.7 Å². The van der Waals surface area contributed by atoms with Gasteiger partial charge in [-0.1, -0.05) is 60.7 Å². The summed E-state index contributed by atoms with van der Waals surface area (Å²) in [5.41, 5.74) is 0.958. The predicted molar refractivity (Wildman–Crippen MR) is 147 cm³/mol. The Hall–Kier alpha value is -3.79. The van der Waals surface area contributed by atoms with Crippen LogP contribution in [0.3, 0.4) is 0 Å². The van der Waals surface area contributed by atoms with E-state index >= 15 is 0 Å². The minimum atomic E-state index is -3.84. The van der Waals surface area contributed by atoms with Gasteiger partial charge in [0.15, 0.2) is 0 Å². The van der Waals surface area contributed by atoms with Gasteiger partial charge < -0.3 is 10.2 Å². The average molecular weight is 558 g/mol. The van der Waals surface area contributed by atoms with Crippen molar-refractivity contribution in [2.24, 2.45) is 0 Å². The number of hydrogen-bond donors (Lipinski definition) is 1. The Morgan fingerprint density at radius 1 is 0.897 bits per heavy atom. The molecular weight excluding hydrogens is 524 g/mol. The summed E-state index contributed by atoms with van der Waals surface area (Å²) in [6.45, 7) is 1.81. The summed E-state index contributed by atoms with van der Waals surface area (Å²) < 4.78 is 54.7. The topological polar surface area (TPSA) is 86.8 Å². The minimum Gasteiger partial charge on any atom is -0.355 e. The molecule has 0 radical (unpaired) electrons.